The Labute approximate surface area is 175 Å². The molecule has 1 aliphatic heterocycles. The van der Waals surface area contributed by atoms with Gasteiger partial charge in [0.05, 0.1) is 10.6 Å². The molecule has 0 radical (unpaired) electrons. The molecule has 1 aromatic heterocycles. The number of benzene rings is 2. The molecule has 0 bridgehead atoms. The average Bonchev–Trinajstić information content (AvgIpc) is 3.25. The summed E-state index contributed by atoms with van der Waals surface area (Å²) in [5.41, 5.74) is 2.59. The normalized spacial score (nSPS) is 17.5. The van der Waals surface area contributed by atoms with Gasteiger partial charge in [0.2, 0.25) is 5.13 Å². The highest BCUT2D eigenvalue weighted by Crippen LogP contribution is 2.40. The van der Waals surface area contributed by atoms with E-state index in [0.717, 1.165) is 21.8 Å². The first-order valence-corrected chi connectivity index (χ1v) is 10.5. The number of anilines is 1. The number of aliphatic imine (C=N–C) groups is 1. The molecule has 4 rings (SSSR count). The summed E-state index contributed by atoms with van der Waals surface area (Å²) in [5.74, 6) is -0.108. The van der Waals surface area contributed by atoms with Crippen LogP contribution in [0.25, 0.3) is 5.57 Å². The summed E-state index contributed by atoms with van der Waals surface area (Å²) in [6, 6.07) is 16.9. The maximum absolute atomic E-state index is 13.3. The first-order chi connectivity index (χ1) is 13.5. The number of amidine groups is 1. The number of hydrogen-bond donors (Lipinski definition) is 0. The third-order valence-electron chi connectivity index (χ3n) is 4.12. The van der Waals surface area contributed by atoms with Crippen LogP contribution in [0.1, 0.15) is 17.5 Å². The van der Waals surface area contributed by atoms with E-state index in [-0.39, 0.29) is 5.91 Å². The molecule has 1 saturated heterocycles. The van der Waals surface area contributed by atoms with Crippen LogP contribution in [-0.2, 0) is 4.79 Å². The summed E-state index contributed by atoms with van der Waals surface area (Å²) in [6.07, 6.45) is 0. The molecule has 2 heterocycles. The van der Waals surface area contributed by atoms with Crippen LogP contribution < -0.4 is 4.90 Å². The minimum atomic E-state index is -0.108. The van der Waals surface area contributed by atoms with Gasteiger partial charge in [-0.3, -0.25) is 9.69 Å². The van der Waals surface area contributed by atoms with E-state index in [1.165, 1.54) is 23.1 Å². The zero-order valence-electron chi connectivity index (χ0n) is 15.1. The van der Waals surface area contributed by atoms with Crippen molar-refractivity contribution in [3.05, 3.63) is 75.1 Å². The number of aryl methyl sites for hydroxylation is 1. The lowest BCUT2D eigenvalue weighted by Gasteiger charge is -2.15. The second kappa shape index (κ2) is 7.87. The Kier molecular flexibility index (Phi) is 5.30. The van der Waals surface area contributed by atoms with Crippen molar-refractivity contribution in [1.29, 1.82) is 0 Å². The van der Waals surface area contributed by atoms with Crippen LogP contribution in [0.15, 0.2) is 64.5 Å². The molecule has 0 atom stereocenters. The first kappa shape index (κ1) is 18.9. The lowest BCUT2D eigenvalue weighted by Crippen LogP contribution is -2.28. The summed E-state index contributed by atoms with van der Waals surface area (Å²) < 4.78 is 0. The van der Waals surface area contributed by atoms with Gasteiger partial charge in [-0.1, -0.05) is 53.3 Å². The number of allylic oxidation sites excluding steroid dienone is 1. The Morgan fingerprint density at radius 2 is 1.79 bits per heavy atom. The van der Waals surface area contributed by atoms with E-state index in [2.05, 4.69) is 15.2 Å². The molecule has 0 saturated carbocycles. The van der Waals surface area contributed by atoms with Crippen molar-refractivity contribution in [2.75, 3.05) is 4.90 Å². The lowest BCUT2D eigenvalue weighted by molar-refractivity contribution is -0.113. The third-order valence-corrected chi connectivity index (χ3v) is 6.25. The molecule has 1 aliphatic rings. The van der Waals surface area contributed by atoms with Gasteiger partial charge in [-0.05, 0) is 61.0 Å². The van der Waals surface area contributed by atoms with E-state index in [0.29, 0.717) is 20.2 Å². The van der Waals surface area contributed by atoms with E-state index >= 15 is 0 Å². The summed E-state index contributed by atoms with van der Waals surface area (Å²) in [7, 11) is 0. The Balaban J connectivity index is 1.81. The molecule has 0 unspecified atom stereocenters. The molecule has 8 heteroatoms. The minimum Gasteiger partial charge on any atom is -0.268 e. The van der Waals surface area contributed by atoms with Crippen molar-refractivity contribution in [2.45, 2.75) is 13.8 Å². The Morgan fingerprint density at radius 1 is 1.07 bits per heavy atom. The molecule has 5 nitrogen and oxygen atoms in total. The zero-order chi connectivity index (χ0) is 19.7. The zero-order valence-corrected chi connectivity index (χ0v) is 17.5. The van der Waals surface area contributed by atoms with Crippen LogP contribution in [0.2, 0.25) is 5.02 Å². The highest BCUT2D eigenvalue weighted by atomic mass is 35.5. The summed E-state index contributed by atoms with van der Waals surface area (Å²) in [5, 5.41) is 10.7. The highest BCUT2D eigenvalue weighted by Gasteiger charge is 2.36. The van der Waals surface area contributed by atoms with Crippen molar-refractivity contribution in [2.24, 2.45) is 4.99 Å². The molecule has 140 valence electrons. The largest absolute Gasteiger partial charge is 0.271 e. The van der Waals surface area contributed by atoms with E-state index in [1.807, 2.05) is 68.4 Å². The van der Waals surface area contributed by atoms with Gasteiger partial charge in [0.25, 0.3) is 5.91 Å². The highest BCUT2D eigenvalue weighted by molar-refractivity contribution is 8.19. The summed E-state index contributed by atoms with van der Waals surface area (Å²) in [6.45, 7) is 3.81. The number of amides is 1. The van der Waals surface area contributed by atoms with Crippen molar-refractivity contribution >= 4 is 62.2 Å². The fourth-order valence-corrected chi connectivity index (χ4v) is 4.51. The number of thioether (sulfide) groups is 1. The topological polar surface area (TPSA) is 58.5 Å². The smallest absolute Gasteiger partial charge is 0.268 e. The van der Waals surface area contributed by atoms with Gasteiger partial charge in [-0.15, -0.1) is 10.2 Å². The summed E-state index contributed by atoms with van der Waals surface area (Å²) in [4.78, 5) is 20.2. The van der Waals surface area contributed by atoms with E-state index in [4.69, 9.17) is 11.6 Å². The van der Waals surface area contributed by atoms with Crippen LogP contribution in [0.5, 0.6) is 0 Å². The molecule has 0 spiro atoms. The molecule has 0 N–H and O–H groups in total. The molecular formula is C20H15ClN4OS2. The molecule has 2 aromatic carbocycles. The van der Waals surface area contributed by atoms with Crippen LogP contribution in [0, 0.1) is 6.92 Å². The lowest BCUT2D eigenvalue weighted by atomic mass is 10.1. The standard InChI is InChI=1S/C20H15ClN4OS2/c1-12(14-8-10-15(21)11-9-14)17-18(26)25(16-6-4-3-5-7-16)20(28-17)22-19-24-23-13(2)27-19/h3-11H,1-2H3/b17-12-,22-20+. The van der Waals surface area contributed by atoms with Gasteiger partial charge >= 0.3 is 0 Å². The number of rotatable bonds is 3. The Hall–Kier alpha value is -2.48. The molecule has 3 aromatic rings. The second-order valence-electron chi connectivity index (χ2n) is 6.04. The van der Waals surface area contributed by atoms with Crippen molar-refractivity contribution < 1.29 is 4.79 Å². The van der Waals surface area contributed by atoms with Crippen molar-refractivity contribution in [3.8, 4) is 0 Å². The number of carbonyl (C=O) groups excluding carboxylic acids is 1. The SMILES string of the molecule is C/C(=C1/S/C(=N/c2nnc(C)s2)N(c2ccccc2)C1=O)c1ccc(Cl)cc1. The molecule has 1 fully saturated rings. The number of para-hydroxylation sites is 1. The predicted molar refractivity (Wildman–Crippen MR) is 117 cm³/mol. The Bertz CT molecular complexity index is 1090. The van der Waals surface area contributed by atoms with Gasteiger partial charge in [-0.2, -0.15) is 4.99 Å². The monoisotopic (exact) mass is 426 g/mol. The minimum absolute atomic E-state index is 0.108. The van der Waals surface area contributed by atoms with Gasteiger partial charge in [0.15, 0.2) is 5.17 Å². The number of halogens is 1. The summed E-state index contributed by atoms with van der Waals surface area (Å²) >= 11 is 8.73. The van der Waals surface area contributed by atoms with Crippen molar-refractivity contribution in [1.82, 2.24) is 10.2 Å². The maximum Gasteiger partial charge on any atom is 0.271 e. The molecule has 0 aliphatic carbocycles. The van der Waals surface area contributed by atoms with Crippen molar-refractivity contribution in [3.63, 3.8) is 0 Å². The average molecular weight is 427 g/mol. The van der Waals surface area contributed by atoms with Crippen LogP contribution in [0.3, 0.4) is 0 Å². The third kappa shape index (κ3) is 3.73. The second-order valence-corrected chi connectivity index (χ2v) is 8.61. The molecular weight excluding hydrogens is 412 g/mol. The molecule has 1 amide bonds. The fraction of sp³-hybridized carbons (Fsp3) is 0.100. The van der Waals surface area contributed by atoms with Gasteiger partial charge < -0.3 is 0 Å². The number of hydrogen-bond acceptors (Lipinski definition) is 6. The fourth-order valence-electron chi connectivity index (χ4n) is 2.73. The van der Waals surface area contributed by atoms with E-state index in [1.54, 1.807) is 4.90 Å². The molecule has 28 heavy (non-hydrogen) atoms. The maximum atomic E-state index is 13.3. The number of carbonyl (C=O) groups is 1. The predicted octanol–water partition coefficient (Wildman–Crippen LogP) is 5.70. The van der Waals surface area contributed by atoms with E-state index < -0.39 is 0 Å². The van der Waals surface area contributed by atoms with Crippen LogP contribution in [0.4, 0.5) is 10.8 Å². The van der Waals surface area contributed by atoms with Gasteiger partial charge in [0.1, 0.15) is 5.01 Å². The quantitative estimate of drug-likeness (QED) is 0.504. The number of nitrogens with zero attached hydrogens (tertiary/aromatic N) is 4. The van der Waals surface area contributed by atoms with Gasteiger partial charge in [-0.25, -0.2) is 0 Å². The first-order valence-electron chi connectivity index (χ1n) is 8.46. The van der Waals surface area contributed by atoms with Crippen LogP contribution in [-0.4, -0.2) is 21.3 Å². The number of aromatic nitrogens is 2. The van der Waals surface area contributed by atoms with Gasteiger partial charge in [0, 0.05) is 5.02 Å². The van der Waals surface area contributed by atoms with Crippen LogP contribution >= 0.6 is 34.7 Å². The Morgan fingerprint density at radius 3 is 2.43 bits per heavy atom. The van der Waals surface area contributed by atoms with E-state index in [9.17, 15) is 4.79 Å².